The van der Waals surface area contributed by atoms with Gasteiger partial charge in [0.25, 0.3) is 0 Å². The summed E-state index contributed by atoms with van der Waals surface area (Å²) in [5.74, 6) is 0.0319. The molecule has 0 radical (unpaired) electrons. The predicted molar refractivity (Wildman–Crippen MR) is 93.3 cm³/mol. The molecule has 0 fully saturated rings. The summed E-state index contributed by atoms with van der Waals surface area (Å²) < 4.78 is 16.1. The maximum Gasteiger partial charge on any atom is 0.339 e. The maximum atomic E-state index is 12.3. The van der Waals surface area contributed by atoms with Crippen LogP contribution in [0, 0.1) is 3.57 Å². The highest BCUT2D eigenvalue weighted by Crippen LogP contribution is 2.24. The lowest BCUT2D eigenvalue weighted by atomic mass is 10.1. The molecule has 6 heteroatoms. The summed E-state index contributed by atoms with van der Waals surface area (Å²) in [4.78, 5) is 24.3. The molecule has 0 spiro atoms. The van der Waals surface area contributed by atoms with Crippen LogP contribution in [0.2, 0.25) is 0 Å². The van der Waals surface area contributed by atoms with Crippen LogP contribution in [0.5, 0.6) is 11.5 Å². The van der Waals surface area contributed by atoms with Crippen molar-refractivity contribution in [2.24, 2.45) is 0 Å². The van der Waals surface area contributed by atoms with E-state index in [1.54, 1.807) is 36.4 Å². The fraction of sp³-hybridized carbons (Fsp3) is 0.176. The van der Waals surface area contributed by atoms with Crippen molar-refractivity contribution < 1.29 is 23.8 Å². The largest absolute Gasteiger partial charge is 0.497 e. The Bertz CT molecular complexity index is 727. The number of esters is 1. The number of ketones is 1. The van der Waals surface area contributed by atoms with E-state index in [1.165, 1.54) is 14.2 Å². The number of hydrogen-bond acceptors (Lipinski definition) is 5. The first-order chi connectivity index (χ1) is 11.1. The average Bonchev–Trinajstić information content (AvgIpc) is 2.59. The van der Waals surface area contributed by atoms with Gasteiger partial charge in [-0.3, -0.25) is 4.79 Å². The van der Waals surface area contributed by atoms with Gasteiger partial charge in [0.15, 0.2) is 6.61 Å². The van der Waals surface area contributed by atoms with Crippen molar-refractivity contribution in [1.82, 2.24) is 0 Å². The Balaban J connectivity index is 2.11. The van der Waals surface area contributed by atoms with Gasteiger partial charge < -0.3 is 14.2 Å². The predicted octanol–water partition coefficient (Wildman–Crippen LogP) is 3.35. The fourth-order valence-corrected chi connectivity index (χ4v) is 2.55. The van der Waals surface area contributed by atoms with E-state index in [1.807, 2.05) is 28.7 Å². The van der Waals surface area contributed by atoms with Crippen LogP contribution in [-0.2, 0) is 4.74 Å². The first kappa shape index (κ1) is 17.3. The highest BCUT2D eigenvalue weighted by Gasteiger charge is 2.17. The van der Waals surface area contributed by atoms with Gasteiger partial charge in [0.2, 0.25) is 5.78 Å². The minimum Gasteiger partial charge on any atom is -0.497 e. The molecule has 0 amide bonds. The standard InChI is InChI=1S/C17H15IO5/c1-21-11-7-8-16(22-2)13(9-11)15(19)10-23-17(20)12-5-3-4-6-14(12)18/h3-9H,10H2,1-2H3. The third-order valence-corrected chi connectivity index (χ3v) is 4.08. The third kappa shape index (κ3) is 4.22. The van der Waals surface area contributed by atoms with E-state index < -0.39 is 5.97 Å². The molecule has 0 atom stereocenters. The monoisotopic (exact) mass is 426 g/mol. The first-order valence-corrected chi connectivity index (χ1v) is 7.81. The molecule has 0 aliphatic rings. The SMILES string of the molecule is COc1ccc(OC)c(C(=O)COC(=O)c2ccccc2I)c1. The van der Waals surface area contributed by atoms with E-state index in [2.05, 4.69) is 0 Å². The second kappa shape index (κ2) is 7.96. The molecule has 0 aliphatic carbocycles. The number of hydrogen-bond donors (Lipinski definition) is 0. The smallest absolute Gasteiger partial charge is 0.339 e. The Hall–Kier alpha value is -2.09. The molecule has 0 saturated heterocycles. The molecule has 5 nitrogen and oxygen atoms in total. The van der Waals surface area contributed by atoms with E-state index in [4.69, 9.17) is 14.2 Å². The van der Waals surface area contributed by atoms with E-state index in [0.717, 1.165) is 3.57 Å². The van der Waals surface area contributed by atoms with Crippen molar-refractivity contribution in [3.05, 3.63) is 57.2 Å². The van der Waals surface area contributed by atoms with Gasteiger partial charge in [0.1, 0.15) is 11.5 Å². The van der Waals surface area contributed by atoms with E-state index in [0.29, 0.717) is 22.6 Å². The summed E-state index contributed by atoms with van der Waals surface area (Å²) in [6, 6.07) is 11.9. The molecule has 2 rings (SSSR count). The van der Waals surface area contributed by atoms with Gasteiger partial charge in [-0.15, -0.1) is 0 Å². The van der Waals surface area contributed by atoms with Gasteiger partial charge in [0, 0.05) is 3.57 Å². The Morgan fingerprint density at radius 1 is 1.00 bits per heavy atom. The van der Waals surface area contributed by atoms with E-state index in [9.17, 15) is 9.59 Å². The summed E-state index contributed by atoms with van der Waals surface area (Å²) in [6.07, 6.45) is 0. The van der Waals surface area contributed by atoms with Crippen molar-refractivity contribution in [3.8, 4) is 11.5 Å². The topological polar surface area (TPSA) is 61.8 Å². The van der Waals surface area contributed by atoms with Gasteiger partial charge in [-0.25, -0.2) is 4.79 Å². The molecular formula is C17H15IO5. The zero-order valence-electron chi connectivity index (χ0n) is 12.7. The molecule has 23 heavy (non-hydrogen) atoms. The van der Waals surface area contributed by atoms with Crippen LogP contribution >= 0.6 is 22.6 Å². The summed E-state index contributed by atoms with van der Waals surface area (Å²) in [5.41, 5.74) is 0.737. The van der Waals surface area contributed by atoms with Crippen molar-refractivity contribution in [1.29, 1.82) is 0 Å². The second-order valence-electron chi connectivity index (χ2n) is 4.55. The average molecular weight is 426 g/mol. The van der Waals surface area contributed by atoms with Crippen LogP contribution in [0.3, 0.4) is 0 Å². The number of benzene rings is 2. The Labute approximate surface area is 147 Å². The second-order valence-corrected chi connectivity index (χ2v) is 5.71. The molecule has 0 aliphatic heterocycles. The Kier molecular flexibility index (Phi) is 5.97. The Morgan fingerprint density at radius 3 is 2.39 bits per heavy atom. The van der Waals surface area contributed by atoms with Gasteiger partial charge in [-0.05, 0) is 52.9 Å². The third-order valence-electron chi connectivity index (χ3n) is 3.14. The summed E-state index contributed by atoms with van der Waals surface area (Å²) >= 11 is 2.04. The molecule has 0 heterocycles. The molecule has 0 unspecified atom stereocenters. The highest BCUT2D eigenvalue weighted by molar-refractivity contribution is 14.1. The lowest BCUT2D eigenvalue weighted by molar-refractivity contribution is 0.0473. The summed E-state index contributed by atoms with van der Waals surface area (Å²) in [6.45, 7) is -0.368. The number of Topliss-reactive ketones (excluding diaryl/α,β-unsaturated/α-hetero) is 1. The summed E-state index contributed by atoms with van der Waals surface area (Å²) in [5, 5.41) is 0. The van der Waals surface area contributed by atoms with E-state index >= 15 is 0 Å². The van der Waals surface area contributed by atoms with Crippen LogP contribution < -0.4 is 9.47 Å². The normalized spacial score (nSPS) is 10.0. The molecule has 0 saturated carbocycles. The number of carbonyl (C=O) groups is 2. The van der Waals surface area contributed by atoms with Gasteiger partial charge in [-0.1, -0.05) is 12.1 Å². The number of ether oxygens (including phenoxy) is 3. The first-order valence-electron chi connectivity index (χ1n) is 6.73. The maximum absolute atomic E-state index is 12.3. The number of halogens is 1. The molecule has 0 bridgehead atoms. The van der Waals surface area contributed by atoms with Crippen molar-refractivity contribution >= 4 is 34.3 Å². The van der Waals surface area contributed by atoms with Crippen LogP contribution in [0.25, 0.3) is 0 Å². The van der Waals surface area contributed by atoms with Crippen molar-refractivity contribution in [2.75, 3.05) is 20.8 Å². The zero-order valence-corrected chi connectivity index (χ0v) is 14.8. The van der Waals surface area contributed by atoms with Crippen LogP contribution in [-0.4, -0.2) is 32.6 Å². The molecular weight excluding hydrogens is 411 g/mol. The fourth-order valence-electron chi connectivity index (χ4n) is 1.95. The lowest BCUT2D eigenvalue weighted by Gasteiger charge is -2.10. The van der Waals surface area contributed by atoms with Crippen molar-refractivity contribution in [2.45, 2.75) is 0 Å². The minimum atomic E-state index is -0.537. The van der Waals surface area contributed by atoms with Crippen molar-refractivity contribution in [3.63, 3.8) is 0 Å². The summed E-state index contributed by atoms with van der Waals surface area (Å²) in [7, 11) is 2.98. The minimum absolute atomic E-state index is 0.308. The number of carbonyl (C=O) groups excluding carboxylic acids is 2. The molecule has 120 valence electrons. The molecule has 0 aromatic heterocycles. The number of methoxy groups -OCH3 is 2. The number of rotatable bonds is 6. The quantitative estimate of drug-likeness (QED) is 0.403. The Morgan fingerprint density at radius 2 is 1.74 bits per heavy atom. The highest BCUT2D eigenvalue weighted by atomic mass is 127. The van der Waals surface area contributed by atoms with Gasteiger partial charge in [-0.2, -0.15) is 0 Å². The van der Waals surface area contributed by atoms with E-state index in [-0.39, 0.29) is 12.4 Å². The van der Waals surface area contributed by atoms with Gasteiger partial charge in [0.05, 0.1) is 25.3 Å². The van der Waals surface area contributed by atoms with Crippen LogP contribution in [0.4, 0.5) is 0 Å². The molecule has 0 N–H and O–H groups in total. The molecule has 2 aromatic carbocycles. The van der Waals surface area contributed by atoms with Crippen LogP contribution in [0.15, 0.2) is 42.5 Å². The van der Waals surface area contributed by atoms with Gasteiger partial charge >= 0.3 is 5.97 Å². The van der Waals surface area contributed by atoms with Crippen LogP contribution in [0.1, 0.15) is 20.7 Å². The zero-order chi connectivity index (χ0) is 16.8. The molecule has 2 aromatic rings. The lowest BCUT2D eigenvalue weighted by Crippen LogP contribution is -2.15.